The van der Waals surface area contributed by atoms with Crippen LogP contribution in [0.25, 0.3) is 0 Å². The molecule has 2 aromatic rings. The highest BCUT2D eigenvalue weighted by Gasteiger charge is 2.30. The first kappa shape index (κ1) is 16.4. The van der Waals surface area contributed by atoms with Crippen molar-refractivity contribution in [1.29, 1.82) is 0 Å². The summed E-state index contributed by atoms with van der Waals surface area (Å²) in [7, 11) is 0. The molecule has 2 aromatic carbocycles. The zero-order chi connectivity index (χ0) is 16.7. The molecule has 0 aliphatic carbocycles. The highest BCUT2D eigenvalue weighted by Crippen LogP contribution is 2.23. The summed E-state index contributed by atoms with van der Waals surface area (Å²) in [5.41, 5.74) is 0.328. The van der Waals surface area contributed by atoms with Gasteiger partial charge >= 0.3 is 6.36 Å². The third-order valence-electron chi connectivity index (χ3n) is 2.52. The molecule has 1 N–H and O–H groups in total. The fraction of sp³-hybridized carbons (Fsp3) is 0.0625. The lowest BCUT2D eigenvalue weighted by molar-refractivity contribution is -0.274. The van der Waals surface area contributed by atoms with E-state index < -0.39 is 12.3 Å². The first-order chi connectivity index (χ1) is 10.9. The van der Waals surface area contributed by atoms with Crippen LogP contribution >= 0.6 is 0 Å². The van der Waals surface area contributed by atoms with Crippen LogP contribution in [0.3, 0.4) is 0 Å². The lowest BCUT2D eigenvalue weighted by atomic mass is 10.3. The van der Waals surface area contributed by atoms with E-state index in [1.165, 1.54) is 18.4 Å². The summed E-state index contributed by atoms with van der Waals surface area (Å²) in [5.74, 6) is -0.269. The van der Waals surface area contributed by atoms with Gasteiger partial charge in [0.15, 0.2) is 0 Å². The van der Waals surface area contributed by atoms with Crippen molar-refractivity contribution < 1.29 is 27.4 Å². The number of ether oxygens (including phenoxy) is 2. The molecule has 0 aromatic heterocycles. The average molecular weight is 323 g/mol. The molecule has 0 atom stereocenters. The summed E-state index contributed by atoms with van der Waals surface area (Å²) in [6, 6.07) is 13.6. The molecule has 1 amide bonds. The molecular weight excluding hydrogens is 311 g/mol. The normalized spacial score (nSPS) is 11.3. The maximum absolute atomic E-state index is 12.0. The largest absolute Gasteiger partial charge is 0.573 e. The van der Waals surface area contributed by atoms with Crippen molar-refractivity contribution in [3.8, 4) is 11.5 Å². The molecule has 0 unspecified atom stereocenters. The molecule has 23 heavy (non-hydrogen) atoms. The SMILES string of the molecule is O=C(C=COc1ccccc1)Nc1ccc(OC(F)(F)F)cc1. The summed E-state index contributed by atoms with van der Waals surface area (Å²) in [5, 5.41) is 2.48. The van der Waals surface area contributed by atoms with E-state index in [2.05, 4.69) is 10.1 Å². The summed E-state index contributed by atoms with van der Waals surface area (Å²) in [6.45, 7) is 0. The van der Waals surface area contributed by atoms with E-state index in [9.17, 15) is 18.0 Å². The number of halogens is 3. The number of rotatable bonds is 5. The van der Waals surface area contributed by atoms with Crippen LogP contribution in [0, 0.1) is 0 Å². The van der Waals surface area contributed by atoms with Crippen molar-refractivity contribution in [2.24, 2.45) is 0 Å². The first-order valence-electron chi connectivity index (χ1n) is 6.47. The average Bonchev–Trinajstić information content (AvgIpc) is 2.49. The Labute approximate surface area is 130 Å². The molecule has 0 fully saturated rings. The van der Waals surface area contributed by atoms with Gasteiger partial charge in [0.1, 0.15) is 11.5 Å². The molecule has 4 nitrogen and oxygen atoms in total. The molecule has 0 aliphatic heterocycles. The smallest absolute Gasteiger partial charge is 0.465 e. The Morgan fingerprint density at radius 2 is 1.61 bits per heavy atom. The maximum Gasteiger partial charge on any atom is 0.573 e. The molecule has 0 aliphatic rings. The number of amides is 1. The standard InChI is InChI=1S/C16H12F3NO3/c17-16(18,19)23-14-8-6-12(7-9-14)20-15(21)10-11-22-13-4-2-1-3-5-13/h1-11H,(H,20,21). The van der Waals surface area contributed by atoms with Crippen LogP contribution in [0.1, 0.15) is 0 Å². The predicted molar refractivity (Wildman–Crippen MR) is 78.0 cm³/mol. The Balaban J connectivity index is 1.85. The number of carbonyl (C=O) groups excluding carboxylic acids is 1. The van der Waals surface area contributed by atoms with Gasteiger partial charge in [-0.25, -0.2) is 0 Å². The van der Waals surface area contributed by atoms with Crippen molar-refractivity contribution in [3.05, 3.63) is 66.9 Å². The van der Waals surface area contributed by atoms with Crippen LogP contribution in [-0.2, 0) is 4.79 Å². The molecule has 120 valence electrons. The molecule has 0 spiro atoms. The van der Waals surface area contributed by atoms with Gasteiger partial charge in [0.2, 0.25) is 0 Å². The summed E-state index contributed by atoms with van der Waals surface area (Å²) >= 11 is 0. The van der Waals surface area contributed by atoms with E-state index in [-0.39, 0.29) is 5.75 Å². The van der Waals surface area contributed by atoms with Crippen molar-refractivity contribution >= 4 is 11.6 Å². The molecule has 7 heteroatoms. The minimum Gasteiger partial charge on any atom is -0.465 e. The van der Waals surface area contributed by atoms with Gasteiger partial charge in [-0.2, -0.15) is 0 Å². The van der Waals surface area contributed by atoms with E-state index >= 15 is 0 Å². The van der Waals surface area contributed by atoms with Gasteiger partial charge in [0.25, 0.3) is 5.91 Å². The summed E-state index contributed by atoms with van der Waals surface area (Å²) in [6.07, 6.45) is -2.37. The summed E-state index contributed by atoms with van der Waals surface area (Å²) < 4.78 is 45.0. The highest BCUT2D eigenvalue weighted by atomic mass is 19.4. The number of nitrogens with one attached hydrogen (secondary N) is 1. The molecule has 0 radical (unpaired) electrons. The number of benzene rings is 2. The zero-order valence-corrected chi connectivity index (χ0v) is 11.7. The van der Waals surface area contributed by atoms with Crippen LogP contribution in [0.4, 0.5) is 18.9 Å². The second-order valence-corrected chi connectivity index (χ2v) is 4.30. The topological polar surface area (TPSA) is 47.6 Å². The quantitative estimate of drug-likeness (QED) is 0.665. The Hall–Kier alpha value is -2.96. The van der Waals surface area contributed by atoms with Gasteiger partial charge in [-0.05, 0) is 36.4 Å². The van der Waals surface area contributed by atoms with Gasteiger partial charge in [-0.1, -0.05) is 18.2 Å². The number of carbonyl (C=O) groups is 1. The van der Waals surface area contributed by atoms with Gasteiger partial charge in [0.05, 0.1) is 6.26 Å². The van der Waals surface area contributed by atoms with Crippen molar-refractivity contribution in [2.75, 3.05) is 5.32 Å². The van der Waals surface area contributed by atoms with Gasteiger partial charge < -0.3 is 14.8 Å². The minimum atomic E-state index is -4.75. The van der Waals surface area contributed by atoms with Crippen molar-refractivity contribution in [2.45, 2.75) is 6.36 Å². The lowest BCUT2D eigenvalue weighted by Gasteiger charge is -2.09. The van der Waals surface area contributed by atoms with Crippen LogP contribution in [0.15, 0.2) is 66.9 Å². The zero-order valence-electron chi connectivity index (χ0n) is 11.7. The van der Waals surface area contributed by atoms with E-state index in [1.807, 2.05) is 6.07 Å². The molecular formula is C16H12F3NO3. The Kier molecular flexibility index (Phi) is 5.24. The Morgan fingerprint density at radius 1 is 0.957 bits per heavy atom. The van der Waals surface area contributed by atoms with E-state index in [0.717, 1.165) is 18.2 Å². The molecule has 0 heterocycles. The van der Waals surface area contributed by atoms with Crippen LogP contribution in [0.5, 0.6) is 11.5 Å². The monoisotopic (exact) mass is 323 g/mol. The van der Waals surface area contributed by atoms with Gasteiger partial charge in [-0.15, -0.1) is 13.2 Å². The lowest BCUT2D eigenvalue weighted by Crippen LogP contribution is -2.17. The maximum atomic E-state index is 12.0. The number of anilines is 1. The number of para-hydroxylation sites is 1. The van der Waals surface area contributed by atoms with Crippen molar-refractivity contribution in [1.82, 2.24) is 0 Å². The molecule has 0 bridgehead atoms. The third kappa shape index (κ3) is 6.13. The second-order valence-electron chi connectivity index (χ2n) is 4.30. The van der Waals surface area contributed by atoms with Gasteiger partial charge in [0, 0.05) is 11.8 Å². The van der Waals surface area contributed by atoms with Crippen molar-refractivity contribution in [3.63, 3.8) is 0 Å². The van der Waals surface area contributed by atoms with E-state index in [4.69, 9.17) is 4.74 Å². The van der Waals surface area contributed by atoms with Gasteiger partial charge in [-0.3, -0.25) is 4.79 Å². The van der Waals surface area contributed by atoms with E-state index in [0.29, 0.717) is 11.4 Å². The number of alkyl halides is 3. The highest BCUT2D eigenvalue weighted by molar-refractivity contribution is 5.99. The first-order valence-corrected chi connectivity index (χ1v) is 6.47. The van der Waals surface area contributed by atoms with Crippen LogP contribution in [0.2, 0.25) is 0 Å². The molecule has 0 saturated heterocycles. The minimum absolute atomic E-state index is 0.328. The van der Waals surface area contributed by atoms with Crippen LogP contribution in [-0.4, -0.2) is 12.3 Å². The summed E-state index contributed by atoms with van der Waals surface area (Å²) in [4.78, 5) is 11.6. The molecule has 2 rings (SSSR count). The number of hydrogen-bond donors (Lipinski definition) is 1. The Morgan fingerprint density at radius 3 is 2.22 bits per heavy atom. The fourth-order valence-electron chi connectivity index (χ4n) is 1.60. The predicted octanol–water partition coefficient (Wildman–Crippen LogP) is 4.12. The second kappa shape index (κ2) is 7.35. The fourth-order valence-corrected chi connectivity index (χ4v) is 1.60. The van der Waals surface area contributed by atoms with E-state index in [1.54, 1.807) is 24.3 Å². The third-order valence-corrected chi connectivity index (χ3v) is 2.52. The number of hydrogen-bond acceptors (Lipinski definition) is 3. The molecule has 0 saturated carbocycles. The Bertz CT molecular complexity index is 667. The van der Waals surface area contributed by atoms with Crippen LogP contribution < -0.4 is 14.8 Å².